The van der Waals surface area contributed by atoms with Crippen LogP contribution in [0.5, 0.6) is 0 Å². The fourth-order valence-electron chi connectivity index (χ4n) is 1.61. The van der Waals surface area contributed by atoms with Gasteiger partial charge in [0.15, 0.2) is 0 Å². The molecule has 0 unspecified atom stereocenters. The fraction of sp³-hybridized carbons (Fsp3) is 0.429. The quantitative estimate of drug-likeness (QED) is 0.706. The summed E-state index contributed by atoms with van der Waals surface area (Å²) in [4.78, 5) is 22.8. The van der Waals surface area contributed by atoms with Crippen LogP contribution in [0.25, 0.3) is 0 Å². The predicted molar refractivity (Wildman–Crippen MR) is 74.8 cm³/mol. The minimum absolute atomic E-state index is 0.0167. The van der Waals surface area contributed by atoms with E-state index in [2.05, 4.69) is 16.0 Å². The van der Waals surface area contributed by atoms with Crippen molar-refractivity contribution in [3.63, 3.8) is 0 Å². The van der Waals surface area contributed by atoms with Crippen molar-refractivity contribution in [2.45, 2.75) is 26.4 Å². The molecule has 0 saturated heterocycles. The number of hydrogen-bond donors (Lipinski definition) is 3. The van der Waals surface area contributed by atoms with Crippen LogP contribution in [0.1, 0.15) is 29.8 Å². The van der Waals surface area contributed by atoms with Gasteiger partial charge in [0.1, 0.15) is 0 Å². The normalized spacial score (nSPS) is 10.3. The van der Waals surface area contributed by atoms with Gasteiger partial charge in [-0.1, -0.05) is 12.1 Å². The first kappa shape index (κ1) is 15.2. The zero-order chi connectivity index (χ0) is 14.3. The molecule has 1 aromatic carbocycles. The van der Waals surface area contributed by atoms with Gasteiger partial charge in [-0.2, -0.15) is 0 Å². The topological polar surface area (TPSA) is 70.2 Å². The molecule has 1 rings (SSSR count). The third-order valence-electron chi connectivity index (χ3n) is 2.51. The maximum Gasteiger partial charge on any atom is 0.251 e. The number of hydrogen-bond acceptors (Lipinski definition) is 3. The highest BCUT2D eigenvalue weighted by atomic mass is 16.2. The van der Waals surface area contributed by atoms with Crippen LogP contribution in [0.4, 0.5) is 0 Å². The summed E-state index contributed by atoms with van der Waals surface area (Å²) < 4.78 is 0. The van der Waals surface area contributed by atoms with Gasteiger partial charge in [0, 0.05) is 25.2 Å². The number of benzene rings is 1. The van der Waals surface area contributed by atoms with Gasteiger partial charge in [-0.3, -0.25) is 9.59 Å². The molecule has 5 nitrogen and oxygen atoms in total. The lowest BCUT2D eigenvalue weighted by molar-refractivity contribution is -0.120. The van der Waals surface area contributed by atoms with Gasteiger partial charge in [-0.25, -0.2) is 0 Å². The summed E-state index contributed by atoms with van der Waals surface area (Å²) in [5.41, 5.74) is 1.66. The molecule has 0 aliphatic rings. The lowest BCUT2D eigenvalue weighted by Gasteiger charge is -2.09. The standard InChI is InChI=1S/C14H21N3O2/c1-10(2)17-13(18)9-16-8-11-4-6-12(7-5-11)14(19)15-3/h4-7,10,16H,8-9H2,1-3H3,(H,15,19)(H,17,18). The SMILES string of the molecule is CNC(=O)c1ccc(CNCC(=O)NC(C)C)cc1. The third-order valence-corrected chi connectivity index (χ3v) is 2.51. The molecule has 0 fully saturated rings. The van der Waals surface area contributed by atoms with Gasteiger partial charge < -0.3 is 16.0 Å². The van der Waals surface area contributed by atoms with Gasteiger partial charge in [-0.05, 0) is 31.5 Å². The van der Waals surface area contributed by atoms with Gasteiger partial charge >= 0.3 is 0 Å². The highest BCUT2D eigenvalue weighted by Crippen LogP contribution is 2.03. The van der Waals surface area contributed by atoms with E-state index in [1.807, 2.05) is 26.0 Å². The Balaban J connectivity index is 2.38. The monoisotopic (exact) mass is 263 g/mol. The van der Waals surface area contributed by atoms with E-state index in [1.165, 1.54) is 0 Å². The zero-order valence-electron chi connectivity index (χ0n) is 11.6. The van der Waals surface area contributed by atoms with Crippen LogP contribution in [0.15, 0.2) is 24.3 Å². The van der Waals surface area contributed by atoms with Gasteiger partial charge in [0.2, 0.25) is 5.91 Å². The Morgan fingerprint density at radius 2 is 1.79 bits per heavy atom. The van der Waals surface area contributed by atoms with Crippen molar-refractivity contribution in [1.82, 2.24) is 16.0 Å². The first-order valence-corrected chi connectivity index (χ1v) is 6.34. The molecular formula is C14H21N3O2. The molecule has 0 saturated carbocycles. The van der Waals surface area contributed by atoms with Gasteiger partial charge in [-0.15, -0.1) is 0 Å². The smallest absolute Gasteiger partial charge is 0.251 e. The largest absolute Gasteiger partial charge is 0.355 e. The highest BCUT2D eigenvalue weighted by Gasteiger charge is 2.04. The van der Waals surface area contributed by atoms with E-state index in [0.717, 1.165) is 5.56 Å². The molecule has 0 atom stereocenters. The van der Waals surface area contributed by atoms with Crippen LogP contribution in [-0.4, -0.2) is 31.4 Å². The average molecular weight is 263 g/mol. The molecule has 104 valence electrons. The van der Waals surface area contributed by atoms with Crippen molar-refractivity contribution >= 4 is 11.8 Å². The van der Waals surface area contributed by atoms with E-state index >= 15 is 0 Å². The lowest BCUT2D eigenvalue weighted by atomic mass is 10.1. The van der Waals surface area contributed by atoms with Crippen molar-refractivity contribution in [2.24, 2.45) is 0 Å². The van der Waals surface area contributed by atoms with Crippen molar-refractivity contribution < 1.29 is 9.59 Å². The second kappa shape index (κ2) is 7.53. The minimum atomic E-state index is -0.101. The Labute approximate surface area is 113 Å². The maximum atomic E-state index is 11.4. The summed E-state index contributed by atoms with van der Waals surface area (Å²) in [6, 6.07) is 7.44. The number of amides is 2. The summed E-state index contributed by atoms with van der Waals surface area (Å²) in [7, 11) is 1.60. The van der Waals surface area contributed by atoms with Crippen LogP contribution in [0.3, 0.4) is 0 Å². The fourth-order valence-corrected chi connectivity index (χ4v) is 1.61. The molecule has 1 aromatic rings. The Bertz CT molecular complexity index is 427. The van der Waals surface area contributed by atoms with Crippen LogP contribution < -0.4 is 16.0 Å². The molecule has 0 aliphatic heterocycles. The molecule has 3 N–H and O–H groups in total. The van der Waals surface area contributed by atoms with Crippen molar-refractivity contribution in [3.8, 4) is 0 Å². The molecule has 0 aromatic heterocycles. The van der Waals surface area contributed by atoms with Crippen LogP contribution in [-0.2, 0) is 11.3 Å². The van der Waals surface area contributed by atoms with E-state index in [9.17, 15) is 9.59 Å². The van der Waals surface area contributed by atoms with Crippen LogP contribution >= 0.6 is 0 Å². The minimum Gasteiger partial charge on any atom is -0.355 e. The third kappa shape index (κ3) is 5.52. The molecule has 5 heteroatoms. The summed E-state index contributed by atoms with van der Waals surface area (Å²) in [5.74, 6) is -0.118. The first-order valence-electron chi connectivity index (χ1n) is 6.34. The number of nitrogens with one attached hydrogen (secondary N) is 3. The van der Waals surface area contributed by atoms with E-state index in [0.29, 0.717) is 12.1 Å². The molecule has 0 aliphatic carbocycles. The van der Waals surface area contributed by atoms with Crippen molar-refractivity contribution in [3.05, 3.63) is 35.4 Å². The van der Waals surface area contributed by atoms with E-state index < -0.39 is 0 Å². The summed E-state index contributed by atoms with van der Waals surface area (Å²) in [6.07, 6.45) is 0. The molecule has 2 amide bonds. The van der Waals surface area contributed by atoms with E-state index in [1.54, 1.807) is 19.2 Å². The van der Waals surface area contributed by atoms with Crippen molar-refractivity contribution in [2.75, 3.05) is 13.6 Å². The summed E-state index contributed by atoms with van der Waals surface area (Å²) in [6.45, 7) is 4.74. The molecule has 0 radical (unpaired) electrons. The zero-order valence-corrected chi connectivity index (χ0v) is 11.6. The second-order valence-corrected chi connectivity index (χ2v) is 4.60. The molecule has 0 heterocycles. The Morgan fingerprint density at radius 1 is 1.16 bits per heavy atom. The van der Waals surface area contributed by atoms with Crippen molar-refractivity contribution in [1.29, 1.82) is 0 Å². The second-order valence-electron chi connectivity index (χ2n) is 4.60. The molecule has 0 bridgehead atoms. The molecule has 0 spiro atoms. The Hall–Kier alpha value is -1.88. The highest BCUT2D eigenvalue weighted by molar-refractivity contribution is 5.93. The van der Waals surface area contributed by atoms with Gasteiger partial charge in [0.25, 0.3) is 5.91 Å². The number of carbonyl (C=O) groups is 2. The van der Waals surface area contributed by atoms with Gasteiger partial charge in [0.05, 0.1) is 6.54 Å². The maximum absolute atomic E-state index is 11.4. The van der Waals surface area contributed by atoms with Crippen LogP contribution in [0.2, 0.25) is 0 Å². The average Bonchev–Trinajstić information content (AvgIpc) is 2.37. The Kier molecular flexibility index (Phi) is 6.02. The first-order chi connectivity index (χ1) is 9.02. The van der Waals surface area contributed by atoms with E-state index in [-0.39, 0.29) is 24.4 Å². The number of carbonyl (C=O) groups excluding carboxylic acids is 2. The van der Waals surface area contributed by atoms with Crippen LogP contribution in [0, 0.1) is 0 Å². The summed E-state index contributed by atoms with van der Waals surface area (Å²) in [5, 5.41) is 8.43. The predicted octanol–water partition coefficient (Wildman–Crippen LogP) is 0.660. The summed E-state index contributed by atoms with van der Waals surface area (Å²) >= 11 is 0. The van der Waals surface area contributed by atoms with E-state index in [4.69, 9.17) is 0 Å². The molecule has 19 heavy (non-hydrogen) atoms. The number of rotatable bonds is 6. The lowest BCUT2D eigenvalue weighted by Crippen LogP contribution is -2.37. The molecular weight excluding hydrogens is 242 g/mol. The Morgan fingerprint density at radius 3 is 2.32 bits per heavy atom.